The third-order valence-electron chi connectivity index (χ3n) is 22.0. The van der Waals surface area contributed by atoms with Gasteiger partial charge in [-0.3, -0.25) is 9.59 Å². The van der Waals surface area contributed by atoms with Gasteiger partial charge in [-0.1, -0.05) is 147 Å². The van der Waals surface area contributed by atoms with Crippen LogP contribution in [0.3, 0.4) is 0 Å². The summed E-state index contributed by atoms with van der Waals surface area (Å²) in [7, 11) is 0. The van der Waals surface area contributed by atoms with E-state index in [0.717, 1.165) is 83.9 Å². The highest BCUT2D eigenvalue weighted by molar-refractivity contribution is 5.72. The van der Waals surface area contributed by atoms with E-state index in [9.17, 15) is 9.59 Å². The smallest absolute Gasteiger partial charge is 0.308 e. The van der Waals surface area contributed by atoms with E-state index in [-0.39, 0.29) is 36.0 Å². The maximum Gasteiger partial charge on any atom is 0.308 e. The van der Waals surface area contributed by atoms with E-state index in [0.29, 0.717) is 21.7 Å². The van der Waals surface area contributed by atoms with Gasteiger partial charge < -0.3 is 9.47 Å². The zero-order valence-corrected chi connectivity index (χ0v) is 45.6. The highest BCUT2D eigenvalue weighted by Gasteiger charge is 2.61. The molecule has 8 aliphatic rings. The van der Waals surface area contributed by atoms with Crippen molar-refractivity contribution in [3.8, 4) is 0 Å². The second kappa shape index (κ2) is 21.0. The fourth-order valence-electron chi connectivity index (χ4n) is 18.2. The molecule has 6 saturated carbocycles. The molecule has 4 nitrogen and oxygen atoms in total. The van der Waals surface area contributed by atoms with Gasteiger partial charge in [-0.2, -0.15) is 0 Å². The minimum Gasteiger partial charge on any atom is -0.458 e. The van der Waals surface area contributed by atoms with E-state index in [1.54, 1.807) is 11.1 Å². The molecule has 8 aliphatic carbocycles. The van der Waals surface area contributed by atoms with E-state index < -0.39 is 0 Å². The van der Waals surface area contributed by atoms with Gasteiger partial charge in [-0.05, 0) is 208 Å². The Morgan fingerprint density at radius 1 is 0.485 bits per heavy atom. The molecule has 16 atom stereocenters. The van der Waals surface area contributed by atoms with Crippen LogP contribution in [0.5, 0.6) is 0 Å². The van der Waals surface area contributed by atoms with E-state index in [2.05, 4.69) is 81.4 Å². The molecule has 0 amide bonds. The molecular weight excluding hydrogens is 809 g/mol. The standard InChI is InChI=1S/2C31H52O2/c2*1-20(2)9-8-10-22(5)26-13-14-27-25-12-11-23-19-24(33-29(32)21(3)4)15-17-30(23,6)28(25)16-18-31(26,27)7/h2*19-22,24-28H,8-18H2,1-7H3/t2*22-,24-,25?,26+,27?,28?,30-,31+/m00/s1. The lowest BCUT2D eigenvalue weighted by Gasteiger charge is -2.59. The number of hydrogen-bond acceptors (Lipinski definition) is 4. The van der Waals surface area contributed by atoms with Crippen LogP contribution < -0.4 is 0 Å². The van der Waals surface area contributed by atoms with Crippen LogP contribution in [0.25, 0.3) is 0 Å². The second-order valence-corrected chi connectivity index (χ2v) is 27.4. The first-order valence-electron chi connectivity index (χ1n) is 29.0. The third-order valence-corrected chi connectivity index (χ3v) is 22.0. The molecule has 0 radical (unpaired) electrons. The summed E-state index contributed by atoms with van der Waals surface area (Å²) in [6.07, 6.45) is 34.5. The van der Waals surface area contributed by atoms with Crippen LogP contribution in [0.4, 0.5) is 0 Å². The molecule has 4 heteroatoms. The number of carbonyl (C=O) groups is 2. The number of ether oxygens (including phenoxy) is 2. The van der Waals surface area contributed by atoms with Crippen molar-refractivity contribution < 1.29 is 19.1 Å². The molecule has 0 aromatic heterocycles. The normalized spacial score (nSPS) is 41.2. The van der Waals surface area contributed by atoms with Crippen molar-refractivity contribution in [3.05, 3.63) is 23.3 Å². The number of fused-ring (bicyclic) bond motifs is 10. The Hall–Kier alpha value is -1.58. The van der Waals surface area contributed by atoms with Crippen molar-refractivity contribution in [3.63, 3.8) is 0 Å². The summed E-state index contributed by atoms with van der Waals surface area (Å²) < 4.78 is 11.7. The second-order valence-electron chi connectivity index (χ2n) is 27.4. The molecule has 0 heterocycles. The number of carbonyl (C=O) groups excluding carboxylic acids is 2. The van der Waals surface area contributed by atoms with E-state index in [1.807, 2.05) is 27.7 Å². The molecule has 0 aliphatic heterocycles. The summed E-state index contributed by atoms with van der Waals surface area (Å²) in [5.74, 6) is 10.5. The summed E-state index contributed by atoms with van der Waals surface area (Å²) in [5.41, 5.74) is 5.06. The Kier molecular flexibility index (Phi) is 16.6. The zero-order chi connectivity index (χ0) is 47.9. The van der Waals surface area contributed by atoms with Gasteiger partial charge in [0.25, 0.3) is 0 Å². The average Bonchev–Trinajstić information content (AvgIpc) is 3.80. The Morgan fingerprint density at radius 2 is 0.864 bits per heavy atom. The van der Waals surface area contributed by atoms with Crippen molar-refractivity contribution in [2.24, 2.45) is 105 Å². The van der Waals surface area contributed by atoms with E-state index >= 15 is 0 Å². The highest BCUT2D eigenvalue weighted by atomic mass is 16.5. The van der Waals surface area contributed by atoms with Crippen molar-refractivity contribution in [1.29, 1.82) is 0 Å². The number of rotatable bonds is 14. The maximum absolute atomic E-state index is 12.2. The van der Waals surface area contributed by atoms with Gasteiger partial charge in [0.2, 0.25) is 0 Å². The van der Waals surface area contributed by atoms with Gasteiger partial charge in [-0.25, -0.2) is 0 Å². The molecule has 0 saturated heterocycles. The molecule has 66 heavy (non-hydrogen) atoms. The van der Waals surface area contributed by atoms with Crippen LogP contribution in [0.15, 0.2) is 23.3 Å². The first kappa shape index (κ1) is 52.2. The lowest BCUT2D eigenvalue weighted by molar-refractivity contribution is -0.153. The first-order valence-corrected chi connectivity index (χ1v) is 29.0. The van der Waals surface area contributed by atoms with Crippen LogP contribution in [0, 0.1) is 105 Å². The highest BCUT2D eigenvalue weighted by Crippen LogP contribution is 2.69. The topological polar surface area (TPSA) is 52.6 Å². The molecular formula is C62H104O4. The minimum atomic E-state index is -0.0397. The number of hydrogen-bond donors (Lipinski definition) is 0. The molecule has 8 rings (SSSR count). The fourth-order valence-corrected chi connectivity index (χ4v) is 18.2. The van der Waals surface area contributed by atoms with E-state index in [1.165, 1.54) is 128 Å². The molecule has 376 valence electrons. The van der Waals surface area contributed by atoms with Gasteiger partial charge in [0.15, 0.2) is 0 Å². The molecule has 6 unspecified atom stereocenters. The summed E-state index contributed by atoms with van der Waals surface area (Å²) in [4.78, 5) is 24.3. The fraction of sp³-hybridized carbons (Fsp3) is 0.903. The van der Waals surface area contributed by atoms with Crippen molar-refractivity contribution in [2.45, 2.75) is 250 Å². The Labute approximate surface area is 407 Å². The van der Waals surface area contributed by atoms with Gasteiger partial charge in [0.1, 0.15) is 12.2 Å². The molecule has 0 N–H and O–H groups in total. The van der Waals surface area contributed by atoms with Crippen molar-refractivity contribution >= 4 is 11.9 Å². The van der Waals surface area contributed by atoms with Crippen LogP contribution in [-0.2, 0) is 19.1 Å². The van der Waals surface area contributed by atoms with Gasteiger partial charge in [-0.15, -0.1) is 0 Å². The largest absolute Gasteiger partial charge is 0.458 e. The number of esters is 2. The average molecular weight is 914 g/mol. The number of allylic oxidation sites excluding steroid dienone is 2. The summed E-state index contributed by atoms with van der Waals surface area (Å²) in [6.45, 7) is 32.9. The van der Waals surface area contributed by atoms with Crippen LogP contribution in [0.2, 0.25) is 0 Å². The van der Waals surface area contributed by atoms with Crippen molar-refractivity contribution in [2.75, 3.05) is 0 Å². The maximum atomic E-state index is 12.2. The zero-order valence-electron chi connectivity index (χ0n) is 45.6. The van der Waals surface area contributed by atoms with Crippen LogP contribution >= 0.6 is 0 Å². The third kappa shape index (κ3) is 10.4. The predicted molar refractivity (Wildman–Crippen MR) is 276 cm³/mol. The summed E-state index contributed by atoms with van der Waals surface area (Å²) in [5, 5.41) is 0. The molecule has 6 fully saturated rings. The quantitative estimate of drug-likeness (QED) is 0.129. The Balaban J connectivity index is 0.000000196. The monoisotopic (exact) mass is 913 g/mol. The van der Waals surface area contributed by atoms with Crippen LogP contribution in [-0.4, -0.2) is 24.1 Å². The molecule has 0 spiro atoms. The van der Waals surface area contributed by atoms with Crippen molar-refractivity contribution in [1.82, 2.24) is 0 Å². The molecule has 0 bridgehead atoms. The Bertz CT molecular complexity index is 1590. The first-order chi connectivity index (χ1) is 31.1. The molecule has 0 aromatic rings. The van der Waals surface area contributed by atoms with E-state index in [4.69, 9.17) is 9.47 Å². The SMILES string of the molecule is CC(C)CCC[C@H](C)[C@H]1CCC2C3CCC4=C[C@@H](OC(=O)C(C)C)CC[C@]4(C)C3CC[C@@]21C.CC(C)CCC[C@H](C)[C@H]1CCC2C3CCC4=C[C@@H](OC(=O)C(C)C)CC[C@]4(C)C3CC[C@@]21C. The predicted octanol–water partition coefficient (Wildman–Crippen LogP) is 17.2. The van der Waals surface area contributed by atoms with Gasteiger partial charge >= 0.3 is 11.9 Å². The molecule has 0 aromatic carbocycles. The lowest BCUT2D eigenvalue weighted by Crippen LogP contribution is -2.51. The summed E-state index contributed by atoms with van der Waals surface area (Å²) >= 11 is 0. The van der Waals surface area contributed by atoms with Gasteiger partial charge in [0.05, 0.1) is 11.8 Å². The summed E-state index contributed by atoms with van der Waals surface area (Å²) in [6, 6.07) is 0. The lowest BCUT2D eigenvalue weighted by atomic mass is 9.46. The minimum absolute atomic E-state index is 0.0101. The van der Waals surface area contributed by atoms with Gasteiger partial charge in [0, 0.05) is 0 Å². The Morgan fingerprint density at radius 3 is 1.21 bits per heavy atom. The van der Waals surface area contributed by atoms with Crippen LogP contribution in [0.1, 0.15) is 238 Å².